The Morgan fingerprint density at radius 1 is 1.17 bits per heavy atom. The Balaban J connectivity index is 0. The van der Waals surface area contributed by atoms with Crippen molar-refractivity contribution >= 4 is 41.8 Å². The Bertz CT molecular complexity index is 394. The minimum atomic E-state index is -0.301. The molecule has 0 saturated heterocycles. The van der Waals surface area contributed by atoms with Crippen LogP contribution in [-0.4, -0.2) is 75.7 Å². The fraction of sp³-hybridized carbons (Fsp3) is 0.786. The van der Waals surface area contributed by atoms with E-state index in [9.17, 15) is 9.59 Å². The number of ether oxygens (including phenoxy) is 1. The smallest absolute Gasteiger partial charge is 0.242 e. The second-order valence-corrected chi connectivity index (χ2v) is 6.02. The lowest BCUT2D eigenvalue weighted by molar-refractivity contribution is -0.127. The van der Waals surface area contributed by atoms with Crippen molar-refractivity contribution < 1.29 is 14.3 Å². The van der Waals surface area contributed by atoms with Crippen LogP contribution in [0.4, 0.5) is 0 Å². The largest absolute Gasteiger partial charge is 0.383 e. The van der Waals surface area contributed by atoms with Crippen molar-refractivity contribution in [3.8, 4) is 0 Å². The number of hydrogen-bond donors (Lipinski definition) is 3. The van der Waals surface area contributed by atoms with Gasteiger partial charge in [0.15, 0.2) is 5.96 Å². The van der Waals surface area contributed by atoms with Crippen LogP contribution in [0.1, 0.15) is 20.8 Å². The van der Waals surface area contributed by atoms with Crippen molar-refractivity contribution in [1.29, 1.82) is 0 Å². The molecule has 0 bridgehead atoms. The van der Waals surface area contributed by atoms with Gasteiger partial charge in [0.2, 0.25) is 11.8 Å². The SMILES string of the molecule is COCCNC(=NCC(=O)NC(C)(C)C)NCC(=O)N(C)C.I. The summed E-state index contributed by atoms with van der Waals surface area (Å²) in [5, 5.41) is 8.71. The molecule has 136 valence electrons. The summed E-state index contributed by atoms with van der Waals surface area (Å²) in [4.78, 5) is 29.0. The summed E-state index contributed by atoms with van der Waals surface area (Å²) >= 11 is 0. The highest BCUT2D eigenvalue weighted by Gasteiger charge is 2.13. The van der Waals surface area contributed by atoms with E-state index in [4.69, 9.17) is 4.74 Å². The molecule has 0 radical (unpaired) electrons. The molecule has 0 saturated carbocycles. The van der Waals surface area contributed by atoms with E-state index in [0.29, 0.717) is 19.1 Å². The average molecular weight is 443 g/mol. The van der Waals surface area contributed by atoms with Gasteiger partial charge in [0.1, 0.15) is 6.54 Å². The number of amides is 2. The third-order valence-corrected chi connectivity index (χ3v) is 2.40. The number of guanidine groups is 1. The number of rotatable bonds is 7. The van der Waals surface area contributed by atoms with E-state index in [0.717, 1.165) is 0 Å². The number of aliphatic imine (C=N–C) groups is 1. The van der Waals surface area contributed by atoms with Gasteiger partial charge in [-0.2, -0.15) is 0 Å². The van der Waals surface area contributed by atoms with Crippen molar-refractivity contribution in [3.05, 3.63) is 0 Å². The van der Waals surface area contributed by atoms with Crippen LogP contribution in [-0.2, 0) is 14.3 Å². The van der Waals surface area contributed by atoms with Crippen molar-refractivity contribution in [1.82, 2.24) is 20.9 Å². The first-order chi connectivity index (χ1) is 10.2. The first-order valence-corrected chi connectivity index (χ1v) is 7.18. The molecule has 0 aliphatic heterocycles. The Kier molecular flexibility index (Phi) is 13.0. The zero-order valence-electron chi connectivity index (χ0n) is 14.9. The van der Waals surface area contributed by atoms with Gasteiger partial charge < -0.3 is 25.6 Å². The molecule has 0 heterocycles. The molecule has 0 fully saturated rings. The number of halogens is 1. The topological polar surface area (TPSA) is 95.1 Å². The summed E-state index contributed by atoms with van der Waals surface area (Å²) in [6.45, 7) is 6.82. The fourth-order valence-electron chi connectivity index (χ4n) is 1.37. The second kappa shape index (κ2) is 12.3. The van der Waals surface area contributed by atoms with Gasteiger partial charge in [0, 0.05) is 33.3 Å². The van der Waals surface area contributed by atoms with Gasteiger partial charge in [-0.05, 0) is 20.8 Å². The van der Waals surface area contributed by atoms with Gasteiger partial charge in [0.05, 0.1) is 13.2 Å². The minimum Gasteiger partial charge on any atom is -0.383 e. The lowest BCUT2D eigenvalue weighted by Gasteiger charge is -2.20. The Morgan fingerprint density at radius 3 is 2.26 bits per heavy atom. The normalized spacial score (nSPS) is 11.3. The van der Waals surface area contributed by atoms with E-state index in [1.807, 2.05) is 20.8 Å². The number of nitrogens with zero attached hydrogens (tertiary/aromatic N) is 2. The summed E-state index contributed by atoms with van der Waals surface area (Å²) < 4.78 is 4.95. The van der Waals surface area contributed by atoms with Crippen LogP contribution in [0.3, 0.4) is 0 Å². The maximum absolute atomic E-state index is 11.8. The van der Waals surface area contributed by atoms with Crippen molar-refractivity contribution in [2.75, 3.05) is 47.4 Å². The number of hydrogen-bond acceptors (Lipinski definition) is 4. The predicted molar refractivity (Wildman–Crippen MR) is 102 cm³/mol. The Morgan fingerprint density at radius 2 is 1.78 bits per heavy atom. The Hall–Kier alpha value is -1.10. The fourth-order valence-corrected chi connectivity index (χ4v) is 1.37. The van der Waals surface area contributed by atoms with Crippen LogP contribution in [0.25, 0.3) is 0 Å². The zero-order chi connectivity index (χ0) is 17.2. The monoisotopic (exact) mass is 443 g/mol. The molecular formula is C14H30IN5O3. The van der Waals surface area contributed by atoms with E-state index >= 15 is 0 Å². The maximum atomic E-state index is 11.8. The van der Waals surface area contributed by atoms with E-state index in [1.54, 1.807) is 21.2 Å². The number of likely N-dealkylation sites (N-methyl/N-ethyl adjacent to an activating group) is 1. The summed E-state index contributed by atoms with van der Waals surface area (Å²) in [6, 6.07) is 0. The summed E-state index contributed by atoms with van der Waals surface area (Å²) in [6.07, 6.45) is 0. The third kappa shape index (κ3) is 14.2. The number of methoxy groups -OCH3 is 1. The van der Waals surface area contributed by atoms with Crippen LogP contribution in [0.15, 0.2) is 4.99 Å². The predicted octanol–water partition coefficient (Wildman–Crippen LogP) is -0.211. The van der Waals surface area contributed by atoms with Crippen LogP contribution in [0, 0.1) is 0 Å². The highest BCUT2D eigenvalue weighted by molar-refractivity contribution is 14.0. The van der Waals surface area contributed by atoms with Gasteiger partial charge in [0.25, 0.3) is 0 Å². The molecule has 0 rings (SSSR count). The third-order valence-electron chi connectivity index (χ3n) is 2.40. The summed E-state index contributed by atoms with van der Waals surface area (Å²) in [5.41, 5.74) is -0.301. The van der Waals surface area contributed by atoms with Crippen LogP contribution in [0.2, 0.25) is 0 Å². The molecule has 23 heavy (non-hydrogen) atoms. The molecule has 0 unspecified atom stereocenters. The molecular weight excluding hydrogens is 413 g/mol. The molecule has 0 aromatic heterocycles. The lowest BCUT2D eigenvalue weighted by atomic mass is 10.1. The van der Waals surface area contributed by atoms with Gasteiger partial charge in [-0.1, -0.05) is 0 Å². The summed E-state index contributed by atoms with van der Waals surface area (Å²) in [5.74, 6) is 0.135. The quantitative estimate of drug-likeness (QED) is 0.219. The van der Waals surface area contributed by atoms with Gasteiger partial charge >= 0.3 is 0 Å². The molecule has 0 aliphatic rings. The molecule has 0 atom stereocenters. The van der Waals surface area contributed by atoms with Crippen LogP contribution >= 0.6 is 24.0 Å². The van der Waals surface area contributed by atoms with Gasteiger partial charge in [-0.15, -0.1) is 24.0 Å². The molecule has 0 aromatic rings. The van der Waals surface area contributed by atoms with E-state index in [-0.39, 0.29) is 54.4 Å². The molecule has 0 spiro atoms. The van der Waals surface area contributed by atoms with E-state index in [2.05, 4.69) is 20.9 Å². The molecule has 0 aromatic carbocycles. The minimum absolute atomic E-state index is 0. The van der Waals surface area contributed by atoms with E-state index < -0.39 is 0 Å². The molecule has 2 amide bonds. The van der Waals surface area contributed by atoms with Crippen LogP contribution in [0.5, 0.6) is 0 Å². The van der Waals surface area contributed by atoms with Crippen molar-refractivity contribution in [2.24, 2.45) is 4.99 Å². The molecule has 0 aliphatic carbocycles. The maximum Gasteiger partial charge on any atom is 0.242 e. The zero-order valence-corrected chi connectivity index (χ0v) is 17.2. The highest BCUT2D eigenvalue weighted by atomic mass is 127. The number of carbonyl (C=O) groups excluding carboxylic acids is 2. The van der Waals surface area contributed by atoms with Crippen molar-refractivity contribution in [2.45, 2.75) is 26.3 Å². The lowest BCUT2D eigenvalue weighted by Crippen LogP contribution is -2.45. The molecule has 9 heteroatoms. The van der Waals surface area contributed by atoms with Crippen LogP contribution < -0.4 is 16.0 Å². The molecule has 3 N–H and O–H groups in total. The average Bonchev–Trinajstić information content (AvgIpc) is 2.38. The first-order valence-electron chi connectivity index (χ1n) is 7.18. The highest BCUT2D eigenvalue weighted by Crippen LogP contribution is 1.97. The standard InChI is InChI=1S/C14H29N5O3.HI/c1-14(2,3)18-11(20)9-16-13(15-7-8-22-6)17-10-12(21)19(4)5;/h7-10H2,1-6H3,(H,18,20)(H2,15,16,17);1H. The molecule has 8 nitrogen and oxygen atoms in total. The first kappa shape index (κ1) is 24.2. The van der Waals surface area contributed by atoms with E-state index in [1.165, 1.54) is 4.90 Å². The number of nitrogens with one attached hydrogen (secondary N) is 3. The van der Waals surface area contributed by atoms with Crippen molar-refractivity contribution in [3.63, 3.8) is 0 Å². The second-order valence-electron chi connectivity index (χ2n) is 6.02. The number of carbonyl (C=O) groups is 2. The summed E-state index contributed by atoms with van der Waals surface area (Å²) in [7, 11) is 4.95. The van der Waals surface area contributed by atoms with Gasteiger partial charge in [-0.3, -0.25) is 9.59 Å². The Labute approximate surface area is 155 Å². The van der Waals surface area contributed by atoms with Gasteiger partial charge in [-0.25, -0.2) is 4.99 Å².